The number of carbonyl (C=O) groups excluding carboxylic acids is 1. The third kappa shape index (κ3) is 2.93. The highest BCUT2D eigenvalue weighted by Gasteiger charge is 2.30. The Morgan fingerprint density at radius 1 is 1.62 bits per heavy atom. The minimum atomic E-state index is 0.160. The second kappa shape index (κ2) is 5.27. The Hall–Kier alpha value is -1.13. The summed E-state index contributed by atoms with van der Waals surface area (Å²) in [5, 5.41) is 0. The summed E-state index contributed by atoms with van der Waals surface area (Å²) in [7, 11) is 1.69. The van der Waals surface area contributed by atoms with Crippen molar-refractivity contribution < 1.29 is 9.53 Å². The van der Waals surface area contributed by atoms with Crippen LogP contribution in [0, 0.1) is 0 Å². The Kier molecular flexibility index (Phi) is 3.74. The second-order valence-corrected chi connectivity index (χ2v) is 4.20. The average molecular weight is 222 g/mol. The van der Waals surface area contributed by atoms with E-state index in [1.807, 2.05) is 12.1 Å². The first kappa shape index (κ1) is 11.4. The van der Waals surface area contributed by atoms with Gasteiger partial charge >= 0.3 is 0 Å². The van der Waals surface area contributed by atoms with Crippen molar-refractivity contribution in [2.45, 2.75) is 18.9 Å². The van der Waals surface area contributed by atoms with Crippen molar-refractivity contribution in [1.29, 1.82) is 0 Å². The number of ether oxygens (including phenoxy) is 1. The Bertz CT molecular complexity index is 331. The van der Waals surface area contributed by atoms with E-state index in [0.29, 0.717) is 24.9 Å². The van der Waals surface area contributed by atoms with Crippen molar-refractivity contribution in [1.82, 2.24) is 9.88 Å². The minimum Gasteiger partial charge on any atom is -0.383 e. The van der Waals surface area contributed by atoms with Crippen molar-refractivity contribution in [3.63, 3.8) is 0 Å². The molecule has 4 nitrogen and oxygen atoms in total. The minimum absolute atomic E-state index is 0.160. The lowest BCUT2D eigenvalue weighted by atomic mass is 10.2. The zero-order valence-corrected chi connectivity index (χ0v) is 9.61. The molecule has 1 aromatic heterocycles. The molecule has 16 heavy (non-hydrogen) atoms. The molecule has 0 aromatic carbocycles. The summed E-state index contributed by atoms with van der Waals surface area (Å²) < 4.78 is 5.06. The molecule has 0 atom stereocenters. The molecular formula is C12H18N2O2. The lowest BCUT2D eigenvalue weighted by molar-refractivity contribution is 0.0881. The van der Waals surface area contributed by atoms with E-state index in [1.165, 1.54) is 12.8 Å². The molecule has 1 aliphatic carbocycles. The lowest BCUT2D eigenvalue weighted by Crippen LogP contribution is -2.34. The van der Waals surface area contributed by atoms with Crippen LogP contribution in [0.2, 0.25) is 0 Å². The molecule has 0 spiro atoms. The summed E-state index contributed by atoms with van der Waals surface area (Å²) in [5.74, 6) is 0.160. The number of nitrogens with one attached hydrogen (secondary N) is 1. The van der Waals surface area contributed by atoms with Gasteiger partial charge in [-0.05, 0) is 25.0 Å². The third-order valence-electron chi connectivity index (χ3n) is 2.89. The SMILES string of the molecule is COCCN(CC(=O)c1ccc[nH]1)C1CC1. The first-order valence-electron chi connectivity index (χ1n) is 5.71. The summed E-state index contributed by atoms with van der Waals surface area (Å²) in [5.41, 5.74) is 0.697. The lowest BCUT2D eigenvalue weighted by Gasteiger charge is -2.20. The summed E-state index contributed by atoms with van der Waals surface area (Å²) in [6, 6.07) is 4.27. The number of ketones is 1. The van der Waals surface area contributed by atoms with Gasteiger partial charge in [-0.25, -0.2) is 0 Å². The maximum atomic E-state index is 11.9. The summed E-state index contributed by atoms with van der Waals surface area (Å²) in [6.07, 6.45) is 4.20. The first-order chi connectivity index (χ1) is 7.81. The van der Waals surface area contributed by atoms with Crippen LogP contribution in [0.4, 0.5) is 0 Å². The first-order valence-corrected chi connectivity index (χ1v) is 5.71. The van der Waals surface area contributed by atoms with Crippen LogP contribution in [-0.2, 0) is 4.74 Å². The van der Waals surface area contributed by atoms with Crippen molar-refractivity contribution in [2.75, 3.05) is 26.8 Å². The van der Waals surface area contributed by atoms with E-state index in [-0.39, 0.29) is 5.78 Å². The van der Waals surface area contributed by atoms with Crippen LogP contribution in [0.3, 0.4) is 0 Å². The maximum Gasteiger partial charge on any atom is 0.192 e. The number of carbonyl (C=O) groups is 1. The quantitative estimate of drug-likeness (QED) is 0.707. The van der Waals surface area contributed by atoms with E-state index >= 15 is 0 Å². The fourth-order valence-corrected chi connectivity index (χ4v) is 1.81. The molecule has 1 saturated carbocycles. The molecule has 0 bridgehead atoms. The molecule has 0 saturated heterocycles. The smallest absolute Gasteiger partial charge is 0.192 e. The predicted octanol–water partition coefficient (Wildman–Crippen LogP) is 1.31. The van der Waals surface area contributed by atoms with Crippen LogP contribution in [-0.4, -0.2) is 48.5 Å². The highest BCUT2D eigenvalue weighted by Crippen LogP contribution is 2.26. The van der Waals surface area contributed by atoms with Gasteiger partial charge in [0.25, 0.3) is 0 Å². The normalized spacial score (nSPS) is 15.6. The van der Waals surface area contributed by atoms with Gasteiger partial charge in [0, 0.05) is 25.9 Å². The summed E-state index contributed by atoms with van der Waals surface area (Å²) in [4.78, 5) is 17.1. The van der Waals surface area contributed by atoms with E-state index in [1.54, 1.807) is 13.3 Å². The molecule has 1 fully saturated rings. The number of methoxy groups -OCH3 is 1. The van der Waals surface area contributed by atoms with Gasteiger partial charge in [0.2, 0.25) is 0 Å². The largest absolute Gasteiger partial charge is 0.383 e. The molecule has 88 valence electrons. The van der Waals surface area contributed by atoms with Gasteiger partial charge < -0.3 is 9.72 Å². The maximum absolute atomic E-state index is 11.9. The van der Waals surface area contributed by atoms with Gasteiger partial charge in [-0.15, -0.1) is 0 Å². The summed E-state index contributed by atoms with van der Waals surface area (Å²) in [6.45, 7) is 2.02. The van der Waals surface area contributed by atoms with Crippen LogP contribution in [0.5, 0.6) is 0 Å². The fraction of sp³-hybridized carbons (Fsp3) is 0.583. The highest BCUT2D eigenvalue weighted by atomic mass is 16.5. The number of nitrogens with zero attached hydrogens (tertiary/aromatic N) is 1. The molecule has 2 rings (SSSR count). The molecule has 0 unspecified atom stereocenters. The Morgan fingerprint density at radius 3 is 3.00 bits per heavy atom. The number of H-pyrrole nitrogens is 1. The molecule has 4 heteroatoms. The van der Waals surface area contributed by atoms with Crippen LogP contribution >= 0.6 is 0 Å². The van der Waals surface area contributed by atoms with E-state index in [4.69, 9.17) is 4.74 Å². The van der Waals surface area contributed by atoms with Crippen LogP contribution in [0.1, 0.15) is 23.3 Å². The predicted molar refractivity (Wildman–Crippen MR) is 61.6 cm³/mol. The Balaban J connectivity index is 1.87. The molecule has 1 aromatic rings. The zero-order valence-electron chi connectivity index (χ0n) is 9.61. The Labute approximate surface area is 95.6 Å². The molecule has 0 radical (unpaired) electrons. The van der Waals surface area contributed by atoms with E-state index in [9.17, 15) is 4.79 Å². The summed E-state index contributed by atoms with van der Waals surface area (Å²) >= 11 is 0. The standard InChI is InChI=1S/C12H18N2O2/c1-16-8-7-14(10-4-5-10)9-12(15)11-3-2-6-13-11/h2-3,6,10,13H,4-5,7-9H2,1H3. The van der Waals surface area contributed by atoms with Crippen molar-refractivity contribution in [2.24, 2.45) is 0 Å². The van der Waals surface area contributed by atoms with Gasteiger partial charge in [-0.1, -0.05) is 0 Å². The molecule has 1 aliphatic rings. The molecule has 1 N–H and O–H groups in total. The monoisotopic (exact) mass is 222 g/mol. The number of aromatic nitrogens is 1. The van der Waals surface area contributed by atoms with E-state index in [0.717, 1.165) is 6.54 Å². The third-order valence-corrected chi connectivity index (χ3v) is 2.89. The van der Waals surface area contributed by atoms with Crippen LogP contribution in [0.15, 0.2) is 18.3 Å². The van der Waals surface area contributed by atoms with E-state index < -0.39 is 0 Å². The van der Waals surface area contributed by atoms with Gasteiger partial charge in [0.15, 0.2) is 5.78 Å². The number of Topliss-reactive ketones (excluding diaryl/α,β-unsaturated/α-hetero) is 1. The average Bonchev–Trinajstić information content (AvgIpc) is 2.98. The topological polar surface area (TPSA) is 45.3 Å². The highest BCUT2D eigenvalue weighted by molar-refractivity contribution is 5.95. The van der Waals surface area contributed by atoms with Gasteiger partial charge in [0.1, 0.15) is 0 Å². The van der Waals surface area contributed by atoms with Crippen LogP contribution in [0.25, 0.3) is 0 Å². The Morgan fingerprint density at radius 2 is 2.44 bits per heavy atom. The van der Waals surface area contributed by atoms with Gasteiger partial charge in [-0.3, -0.25) is 9.69 Å². The van der Waals surface area contributed by atoms with Crippen molar-refractivity contribution >= 4 is 5.78 Å². The van der Waals surface area contributed by atoms with Crippen LogP contribution < -0.4 is 0 Å². The number of hydrogen-bond donors (Lipinski definition) is 1. The molecular weight excluding hydrogens is 204 g/mol. The number of hydrogen-bond acceptors (Lipinski definition) is 3. The van der Waals surface area contributed by atoms with Gasteiger partial charge in [0.05, 0.1) is 18.8 Å². The van der Waals surface area contributed by atoms with Crippen molar-refractivity contribution in [3.05, 3.63) is 24.0 Å². The molecule has 1 heterocycles. The molecule has 0 aliphatic heterocycles. The zero-order chi connectivity index (χ0) is 11.4. The molecule has 0 amide bonds. The fourth-order valence-electron chi connectivity index (χ4n) is 1.81. The van der Waals surface area contributed by atoms with Crippen molar-refractivity contribution in [3.8, 4) is 0 Å². The number of aromatic amines is 1. The number of rotatable bonds is 7. The second-order valence-electron chi connectivity index (χ2n) is 4.20. The van der Waals surface area contributed by atoms with Gasteiger partial charge in [-0.2, -0.15) is 0 Å². The van der Waals surface area contributed by atoms with E-state index in [2.05, 4.69) is 9.88 Å².